The molecule has 2 rings (SSSR count). The van der Waals surface area contributed by atoms with Crippen LogP contribution in [0.5, 0.6) is 0 Å². The molecule has 0 radical (unpaired) electrons. The number of nitrogens with one attached hydrogen (secondary N) is 1. The standard InChI is InChI=1S/C14H19F2N/c1-4-17-11-6-5-8(2)12-10(15)7-9(3)14(16)13(11)12/h7-8,11,17H,4-6H2,1-3H3. The highest BCUT2D eigenvalue weighted by Crippen LogP contribution is 2.40. The molecule has 0 heterocycles. The van der Waals surface area contributed by atoms with Crippen LogP contribution in [0.3, 0.4) is 0 Å². The molecule has 0 saturated heterocycles. The molecule has 1 aromatic carbocycles. The fourth-order valence-electron chi connectivity index (χ4n) is 2.79. The van der Waals surface area contributed by atoms with Crippen LogP contribution in [0.15, 0.2) is 6.07 Å². The zero-order chi connectivity index (χ0) is 12.6. The predicted molar refractivity (Wildman–Crippen MR) is 65.2 cm³/mol. The highest BCUT2D eigenvalue weighted by atomic mass is 19.1. The van der Waals surface area contributed by atoms with E-state index in [9.17, 15) is 8.78 Å². The molecule has 0 spiro atoms. The molecule has 0 bridgehead atoms. The minimum absolute atomic E-state index is 0.0411. The van der Waals surface area contributed by atoms with E-state index in [0.717, 1.165) is 19.4 Å². The maximum absolute atomic E-state index is 14.2. The zero-order valence-corrected chi connectivity index (χ0v) is 10.6. The molecule has 3 heteroatoms. The number of rotatable bonds is 2. The van der Waals surface area contributed by atoms with Gasteiger partial charge in [0.1, 0.15) is 11.6 Å². The van der Waals surface area contributed by atoms with Crippen molar-refractivity contribution in [3.63, 3.8) is 0 Å². The van der Waals surface area contributed by atoms with Crippen molar-refractivity contribution in [2.45, 2.75) is 45.6 Å². The third-order valence-electron chi connectivity index (χ3n) is 3.65. The number of benzene rings is 1. The van der Waals surface area contributed by atoms with Gasteiger partial charge in [-0.2, -0.15) is 0 Å². The summed E-state index contributed by atoms with van der Waals surface area (Å²) in [6.07, 6.45) is 1.78. The molecule has 2 unspecified atom stereocenters. The molecule has 94 valence electrons. The fourth-order valence-corrected chi connectivity index (χ4v) is 2.79. The second-order valence-electron chi connectivity index (χ2n) is 4.91. The van der Waals surface area contributed by atoms with E-state index in [1.807, 2.05) is 13.8 Å². The van der Waals surface area contributed by atoms with Crippen LogP contribution >= 0.6 is 0 Å². The molecule has 0 aromatic heterocycles. The zero-order valence-electron chi connectivity index (χ0n) is 10.6. The van der Waals surface area contributed by atoms with Crippen molar-refractivity contribution in [2.24, 2.45) is 0 Å². The minimum Gasteiger partial charge on any atom is -0.310 e. The molecule has 17 heavy (non-hydrogen) atoms. The van der Waals surface area contributed by atoms with Gasteiger partial charge in [0, 0.05) is 11.6 Å². The third kappa shape index (κ3) is 2.08. The lowest BCUT2D eigenvalue weighted by Gasteiger charge is -2.31. The summed E-state index contributed by atoms with van der Waals surface area (Å²) >= 11 is 0. The quantitative estimate of drug-likeness (QED) is 0.827. The van der Waals surface area contributed by atoms with E-state index in [0.29, 0.717) is 16.7 Å². The lowest BCUT2D eigenvalue weighted by Crippen LogP contribution is -2.28. The molecule has 1 aliphatic carbocycles. The molecule has 0 fully saturated rings. The lowest BCUT2D eigenvalue weighted by molar-refractivity contribution is 0.405. The Labute approximate surface area is 101 Å². The first-order chi connectivity index (χ1) is 8.06. The van der Waals surface area contributed by atoms with Gasteiger partial charge in [-0.1, -0.05) is 13.8 Å². The Hall–Kier alpha value is -0.960. The van der Waals surface area contributed by atoms with E-state index in [2.05, 4.69) is 5.32 Å². The summed E-state index contributed by atoms with van der Waals surface area (Å²) in [5.74, 6) is -0.386. The maximum Gasteiger partial charge on any atom is 0.131 e. The Balaban J connectivity index is 2.59. The van der Waals surface area contributed by atoms with E-state index < -0.39 is 0 Å². The van der Waals surface area contributed by atoms with Gasteiger partial charge in [0.25, 0.3) is 0 Å². The van der Waals surface area contributed by atoms with Gasteiger partial charge < -0.3 is 5.32 Å². The van der Waals surface area contributed by atoms with Crippen molar-refractivity contribution in [3.05, 3.63) is 34.4 Å². The van der Waals surface area contributed by atoms with E-state index in [4.69, 9.17) is 0 Å². The summed E-state index contributed by atoms with van der Waals surface area (Å²) in [7, 11) is 0. The minimum atomic E-state index is -0.256. The monoisotopic (exact) mass is 239 g/mol. The normalized spacial score (nSPS) is 23.6. The van der Waals surface area contributed by atoms with Crippen molar-refractivity contribution < 1.29 is 8.78 Å². The number of halogens is 2. The van der Waals surface area contributed by atoms with Crippen LogP contribution in [0.2, 0.25) is 0 Å². The molecule has 1 aromatic rings. The Bertz CT molecular complexity index is 429. The fraction of sp³-hybridized carbons (Fsp3) is 0.571. The molecule has 1 aliphatic rings. The first kappa shape index (κ1) is 12.5. The van der Waals surface area contributed by atoms with Crippen molar-refractivity contribution in [1.29, 1.82) is 0 Å². The van der Waals surface area contributed by atoms with Crippen molar-refractivity contribution >= 4 is 0 Å². The molecular weight excluding hydrogens is 220 g/mol. The number of hydrogen-bond donors (Lipinski definition) is 1. The van der Waals surface area contributed by atoms with E-state index in [-0.39, 0.29) is 23.6 Å². The molecule has 0 saturated carbocycles. The molecule has 0 aliphatic heterocycles. The summed E-state index contributed by atoms with van der Waals surface area (Å²) in [5.41, 5.74) is 1.53. The Morgan fingerprint density at radius 3 is 2.65 bits per heavy atom. The molecule has 2 atom stereocenters. The summed E-state index contributed by atoms with van der Waals surface area (Å²) < 4.78 is 28.2. The molecule has 1 nitrogen and oxygen atoms in total. The predicted octanol–water partition coefficient (Wildman–Crippen LogP) is 3.82. The van der Waals surface area contributed by atoms with Crippen LogP contribution < -0.4 is 5.32 Å². The Kier molecular flexibility index (Phi) is 3.48. The van der Waals surface area contributed by atoms with Crippen molar-refractivity contribution in [2.75, 3.05) is 6.54 Å². The van der Waals surface area contributed by atoms with Crippen LogP contribution in [-0.2, 0) is 0 Å². The number of fused-ring (bicyclic) bond motifs is 1. The van der Waals surface area contributed by atoms with Gasteiger partial charge in [-0.25, -0.2) is 8.78 Å². The summed E-state index contributed by atoms with van der Waals surface area (Å²) in [5, 5.41) is 3.25. The number of hydrogen-bond acceptors (Lipinski definition) is 1. The SMILES string of the molecule is CCNC1CCC(C)c2c(F)cc(C)c(F)c21. The number of aryl methyl sites for hydroxylation is 1. The largest absolute Gasteiger partial charge is 0.310 e. The molecular formula is C14H19F2N. The summed E-state index contributed by atoms with van der Waals surface area (Å²) in [6, 6.07) is 1.28. The van der Waals surface area contributed by atoms with Gasteiger partial charge in [-0.05, 0) is 49.4 Å². The topological polar surface area (TPSA) is 12.0 Å². The highest BCUT2D eigenvalue weighted by molar-refractivity contribution is 5.40. The Morgan fingerprint density at radius 2 is 2.00 bits per heavy atom. The van der Waals surface area contributed by atoms with Gasteiger partial charge >= 0.3 is 0 Å². The van der Waals surface area contributed by atoms with Gasteiger partial charge in [-0.15, -0.1) is 0 Å². The van der Waals surface area contributed by atoms with Crippen LogP contribution in [0, 0.1) is 18.6 Å². The first-order valence-corrected chi connectivity index (χ1v) is 6.28. The van der Waals surface area contributed by atoms with Crippen LogP contribution in [-0.4, -0.2) is 6.54 Å². The van der Waals surface area contributed by atoms with Gasteiger partial charge in [0.2, 0.25) is 0 Å². The maximum atomic E-state index is 14.2. The summed E-state index contributed by atoms with van der Waals surface area (Å²) in [6.45, 7) is 6.36. The lowest BCUT2D eigenvalue weighted by atomic mass is 9.79. The van der Waals surface area contributed by atoms with E-state index in [1.54, 1.807) is 6.92 Å². The average Bonchev–Trinajstić information content (AvgIpc) is 2.28. The van der Waals surface area contributed by atoms with Crippen LogP contribution in [0.1, 0.15) is 55.3 Å². The molecule has 1 N–H and O–H groups in total. The van der Waals surface area contributed by atoms with E-state index >= 15 is 0 Å². The van der Waals surface area contributed by atoms with Gasteiger partial charge in [0.05, 0.1) is 0 Å². The van der Waals surface area contributed by atoms with E-state index in [1.165, 1.54) is 6.07 Å². The first-order valence-electron chi connectivity index (χ1n) is 6.28. The highest BCUT2D eigenvalue weighted by Gasteiger charge is 2.30. The van der Waals surface area contributed by atoms with Crippen LogP contribution in [0.4, 0.5) is 8.78 Å². The second kappa shape index (κ2) is 4.73. The molecule has 0 amide bonds. The Morgan fingerprint density at radius 1 is 1.29 bits per heavy atom. The smallest absolute Gasteiger partial charge is 0.131 e. The third-order valence-corrected chi connectivity index (χ3v) is 3.65. The van der Waals surface area contributed by atoms with Crippen molar-refractivity contribution in [1.82, 2.24) is 5.32 Å². The second-order valence-corrected chi connectivity index (χ2v) is 4.91. The average molecular weight is 239 g/mol. The summed E-state index contributed by atoms with van der Waals surface area (Å²) in [4.78, 5) is 0. The van der Waals surface area contributed by atoms with Gasteiger partial charge in [-0.3, -0.25) is 0 Å². The van der Waals surface area contributed by atoms with Gasteiger partial charge in [0.15, 0.2) is 0 Å². The van der Waals surface area contributed by atoms with Crippen molar-refractivity contribution in [3.8, 4) is 0 Å². The van der Waals surface area contributed by atoms with Crippen LogP contribution in [0.25, 0.3) is 0 Å².